The predicted octanol–water partition coefficient (Wildman–Crippen LogP) is 1.91. The van der Waals surface area contributed by atoms with Gasteiger partial charge >= 0.3 is 5.97 Å². The van der Waals surface area contributed by atoms with Crippen LogP contribution in [0.4, 0.5) is 5.82 Å². The number of aromatic nitrogens is 2. The van der Waals surface area contributed by atoms with Crippen LogP contribution in [0.25, 0.3) is 6.08 Å². The van der Waals surface area contributed by atoms with E-state index >= 15 is 0 Å². The van der Waals surface area contributed by atoms with Crippen molar-refractivity contribution in [3.05, 3.63) is 59.0 Å². The number of nitriles is 1. The Kier molecular flexibility index (Phi) is 6.42. The number of nitrogens with zero attached hydrogens (tertiary/aromatic N) is 5. The number of carbonyl (C=O) groups is 2. The van der Waals surface area contributed by atoms with Crippen LogP contribution in [0.3, 0.4) is 0 Å². The van der Waals surface area contributed by atoms with E-state index in [4.69, 9.17) is 16.3 Å². The van der Waals surface area contributed by atoms with Crippen molar-refractivity contribution in [2.75, 3.05) is 31.6 Å². The van der Waals surface area contributed by atoms with Crippen molar-refractivity contribution >= 4 is 35.4 Å². The van der Waals surface area contributed by atoms with Gasteiger partial charge in [0, 0.05) is 36.6 Å². The first-order valence-corrected chi connectivity index (χ1v) is 9.19. The smallest absolute Gasteiger partial charge is 0.330 e. The lowest BCUT2D eigenvalue weighted by Gasteiger charge is -2.39. The lowest BCUT2D eigenvalue weighted by atomic mass is 10.1. The molecule has 1 aliphatic rings. The summed E-state index contributed by atoms with van der Waals surface area (Å²) in [5, 5.41) is 9.82. The first-order chi connectivity index (χ1) is 14.0. The fourth-order valence-corrected chi connectivity index (χ4v) is 3.29. The third kappa shape index (κ3) is 4.70. The Bertz CT molecular complexity index is 988. The van der Waals surface area contributed by atoms with Crippen LogP contribution in [0.1, 0.15) is 11.3 Å². The first kappa shape index (κ1) is 20.3. The second-order valence-electron chi connectivity index (χ2n) is 6.25. The maximum absolute atomic E-state index is 12.8. The third-order valence-electron chi connectivity index (χ3n) is 4.49. The van der Waals surface area contributed by atoms with Crippen LogP contribution in [0.2, 0.25) is 5.02 Å². The van der Waals surface area contributed by atoms with Crippen LogP contribution in [-0.2, 0) is 14.3 Å². The van der Waals surface area contributed by atoms with Gasteiger partial charge in [0.15, 0.2) is 11.5 Å². The minimum Gasteiger partial charge on any atom is -0.467 e. The highest BCUT2D eigenvalue weighted by atomic mass is 35.5. The highest BCUT2D eigenvalue weighted by Crippen LogP contribution is 2.21. The molecule has 1 aliphatic heterocycles. The molecule has 0 aliphatic carbocycles. The second-order valence-corrected chi connectivity index (χ2v) is 6.68. The molecule has 3 rings (SSSR count). The Balaban J connectivity index is 1.80. The summed E-state index contributed by atoms with van der Waals surface area (Å²) in [6.07, 6.45) is 5.96. The second kappa shape index (κ2) is 9.17. The van der Waals surface area contributed by atoms with E-state index in [1.54, 1.807) is 29.2 Å². The van der Waals surface area contributed by atoms with E-state index < -0.39 is 12.0 Å². The Labute approximate surface area is 173 Å². The largest absolute Gasteiger partial charge is 0.467 e. The quantitative estimate of drug-likeness (QED) is 0.559. The monoisotopic (exact) mass is 411 g/mol. The zero-order chi connectivity index (χ0) is 20.8. The van der Waals surface area contributed by atoms with Gasteiger partial charge in [-0.05, 0) is 23.8 Å². The molecule has 29 heavy (non-hydrogen) atoms. The van der Waals surface area contributed by atoms with Crippen LogP contribution in [0, 0.1) is 11.3 Å². The zero-order valence-electron chi connectivity index (χ0n) is 15.7. The van der Waals surface area contributed by atoms with Gasteiger partial charge in [0.1, 0.15) is 12.1 Å². The van der Waals surface area contributed by atoms with Crippen molar-refractivity contribution < 1.29 is 14.3 Å². The number of amides is 1. The molecular weight excluding hydrogens is 394 g/mol. The summed E-state index contributed by atoms with van der Waals surface area (Å²) in [6, 6.07) is 8.25. The molecule has 1 atom stereocenters. The summed E-state index contributed by atoms with van der Waals surface area (Å²) in [5.41, 5.74) is 0.939. The van der Waals surface area contributed by atoms with E-state index in [9.17, 15) is 14.9 Å². The molecule has 0 spiro atoms. The number of hydrogen-bond acceptors (Lipinski definition) is 7. The summed E-state index contributed by atoms with van der Waals surface area (Å²) in [6.45, 7) is 0.814. The van der Waals surface area contributed by atoms with E-state index in [0.29, 0.717) is 17.4 Å². The number of esters is 1. The number of hydrogen-bond donors (Lipinski definition) is 0. The normalized spacial score (nSPS) is 16.5. The van der Waals surface area contributed by atoms with Gasteiger partial charge in [-0.2, -0.15) is 5.26 Å². The first-order valence-electron chi connectivity index (χ1n) is 8.81. The van der Waals surface area contributed by atoms with Gasteiger partial charge in [-0.1, -0.05) is 23.7 Å². The van der Waals surface area contributed by atoms with Crippen LogP contribution in [0.5, 0.6) is 0 Å². The van der Waals surface area contributed by atoms with Crippen molar-refractivity contribution in [2.24, 2.45) is 0 Å². The summed E-state index contributed by atoms with van der Waals surface area (Å²) in [4.78, 5) is 36.5. The summed E-state index contributed by atoms with van der Waals surface area (Å²) >= 11 is 5.96. The SMILES string of the molecule is COC(=O)C1CN(c2nccnc2C#N)CCN1C(=O)C=Cc1cccc(Cl)c1. The summed E-state index contributed by atoms with van der Waals surface area (Å²) < 4.78 is 4.89. The van der Waals surface area contributed by atoms with Gasteiger partial charge in [0.25, 0.3) is 0 Å². The number of ether oxygens (including phenoxy) is 1. The van der Waals surface area contributed by atoms with E-state index in [-0.39, 0.29) is 24.7 Å². The van der Waals surface area contributed by atoms with Gasteiger partial charge in [0.05, 0.1) is 13.7 Å². The van der Waals surface area contributed by atoms with Gasteiger partial charge in [-0.25, -0.2) is 14.8 Å². The van der Waals surface area contributed by atoms with Crippen LogP contribution >= 0.6 is 11.6 Å². The predicted molar refractivity (Wildman–Crippen MR) is 107 cm³/mol. The van der Waals surface area contributed by atoms with E-state index in [1.165, 1.54) is 30.5 Å². The molecule has 1 unspecified atom stereocenters. The zero-order valence-corrected chi connectivity index (χ0v) is 16.4. The number of rotatable bonds is 4. The molecule has 8 nitrogen and oxygen atoms in total. The average molecular weight is 412 g/mol. The van der Waals surface area contributed by atoms with Gasteiger partial charge < -0.3 is 14.5 Å². The highest BCUT2D eigenvalue weighted by molar-refractivity contribution is 6.30. The van der Waals surface area contributed by atoms with Crippen LogP contribution in [-0.4, -0.2) is 59.5 Å². The van der Waals surface area contributed by atoms with Crippen molar-refractivity contribution in [2.45, 2.75) is 6.04 Å². The maximum Gasteiger partial charge on any atom is 0.330 e. The van der Waals surface area contributed by atoms with Gasteiger partial charge in [-0.3, -0.25) is 4.79 Å². The standard InChI is InChI=1S/C20H18ClN5O3/c1-29-20(28)17-13-25(19-16(12-22)23-7-8-24-19)9-10-26(17)18(27)6-5-14-3-2-4-15(21)11-14/h2-8,11,17H,9-10,13H2,1H3. The van der Waals surface area contributed by atoms with Gasteiger partial charge in [0.2, 0.25) is 5.91 Å². The third-order valence-corrected chi connectivity index (χ3v) is 4.72. The lowest BCUT2D eigenvalue weighted by molar-refractivity contribution is -0.151. The van der Waals surface area contributed by atoms with Crippen molar-refractivity contribution in [1.29, 1.82) is 5.26 Å². The molecule has 148 valence electrons. The molecule has 1 saturated heterocycles. The lowest BCUT2D eigenvalue weighted by Crippen LogP contribution is -2.58. The van der Waals surface area contributed by atoms with Crippen LogP contribution in [0.15, 0.2) is 42.7 Å². The number of methoxy groups -OCH3 is 1. The fraction of sp³-hybridized carbons (Fsp3) is 0.250. The van der Waals surface area contributed by atoms with Crippen molar-refractivity contribution in [1.82, 2.24) is 14.9 Å². The average Bonchev–Trinajstić information content (AvgIpc) is 2.76. The molecule has 1 aromatic heterocycles. The number of anilines is 1. The van der Waals surface area contributed by atoms with E-state index in [0.717, 1.165) is 5.56 Å². The Hall–Kier alpha value is -3.44. The van der Waals surface area contributed by atoms with Crippen molar-refractivity contribution in [3.63, 3.8) is 0 Å². The molecule has 1 fully saturated rings. The van der Waals surface area contributed by atoms with Gasteiger partial charge in [-0.15, -0.1) is 0 Å². The molecule has 0 radical (unpaired) electrons. The molecule has 1 amide bonds. The topological polar surface area (TPSA) is 99.4 Å². The number of carbonyl (C=O) groups excluding carboxylic acids is 2. The Morgan fingerprint density at radius 3 is 2.83 bits per heavy atom. The molecule has 2 aromatic rings. The maximum atomic E-state index is 12.8. The van der Waals surface area contributed by atoms with E-state index in [1.807, 2.05) is 12.1 Å². The Morgan fingerprint density at radius 1 is 1.31 bits per heavy atom. The molecule has 1 aromatic carbocycles. The molecule has 2 heterocycles. The highest BCUT2D eigenvalue weighted by Gasteiger charge is 2.36. The summed E-state index contributed by atoms with van der Waals surface area (Å²) in [5.74, 6) is -0.480. The number of halogens is 1. The van der Waals surface area contributed by atoms with Crippen molar-refractivity contribution in [3.8, 4) is 6.07 Å². The minimum absolute atomic E-state index is 0.150. The molecule has 0 N–H and O–H groups in total. The van der Waals surface area contributed by atoms with Crippen LogP contribution < -0.4 is 4.90 Å². The number of benzene rings is 1. The Morgan fingerprint density at radius 2 is 2.10 bits per heavy atom. The number of piperazine rings is 1. The molecule has 0 bridgehead atoms. The fourth-order valence-electron chi connectivity index (χ4n) is 3.09. The van der Waals surface area contributed by atoms with E-state index in [2.05, 4.69) is 9.97 Å². The molecule has 9 heteroatoms. The summed E-state index contributed by atoms with van der Waals surface area (Å²) in [7, 11) is 1.27. The molecular formula is C20H18ClN5O3. The minimum atomic E-state index is -0.834. The molecule has 0 saturated carbocycles.